The molecule has 2 aliphatic rings. The van der Waals surface area contributed by atoms with E-state index >= 15 is 0 Å². The maximum atomic E-state index is 13.0. The SMILES string of the molecule is CO/N=C(\C(=O)NC1C(=O)N2C(C(=O)OCc3ccc([N+](=O)[O-])cc3)=CCS[C@H]12)c1cccc(NC=O)n1. The normalized spacial score (nSPS) is 18.3. The monoisotopic (exact) mass is 540 g/mol. The number of amides is 3. The minimum Gasteiger partial charge on any atom is -0.456 e. The summed E-state index contributed by atoms with van der Waals surface area (Å²) >= 11 is 1.34. The number of rotatable bonds is 10. The predicted octanol–water partition coefficient (Wildman–Crippen LogP) is 0.936. The average Bonchev–Trinajstić information content (AvgIpc) is 2.93. The van der Waals surface area contributed by atoms with E-state index < -0.39 is 34.1 Å². The van der Waals surface area contributed by atoms with Gasteiger partial charge in [-0.05, 0) is 35.9 Å². The van der Waals surface area contributed by atoms with Crippen molar-refractivity contribution in [3.05, 3.63) is 75.6 Å². The van der Waals surface area contributed by atoms with Crippen molar-refractivity contribution >= 4 is 53.2 Å². The molecule has 0 aliphatic carbocycles. The number of nitrogens with zero attached hydrogens (tertiary/aromatic N) is 4. The van der Waals surface area contributed by atoms with E-state index in [2.05, 4.69) is 20.8 Å². The summed E-state index contributed by atoms with van der Waals surface area (Å²) in [6, 6.07) is 9.15. The van der Waals surface area contributed by atoms with E-state index in [-0.39, 0.29) is 35.2 Å². The summed E-state index contributed by atoms with van der Waals surface area (Å²) < 4.78 is 5.30. The zero-order valence-electron chi connectivity index (χ0n) is 19.7. The first-order valence-corrected chi connectivity index (χ1v) is 12.0. The van der Waals surface area contributed by atoms with Gasteiger partial charge in [0.25, 0.3) is 17.5 Å². The van der Waals surface area contributed by atoms with E-state index in [9.17, 15) is 29.3 Å². The van der Waals surface area contributed by atoms with Gasteiger partial charge in [-0.15, -0.1) is 11.8 Å². The van der Waals surface area contributed by atoms with Crippen LogP contribution in [0.15, 0.2) is 59.4 Å². The van der Waals surface area contributed by atoms with Crippen LogP contribution in [0.5, 0.6) is 0 Å². The standard InChI is InChI=1S/C23H20N6O8S/c1-36-27-18(15-3-2-4-17(25-15)24-12-30)20(31)26-19-21(32)28-16(9-10-38-22(19)28)23(33)37-11-13-5-7-14(8-6-13)29(34)35/h2-9,12,19,22H,10-11H2,1H3,(H,26,31)(H,24,25,30)/b27-18-/t19?,22-/m1/s1. The van der Waals surface area contributed by atoms with Crippen LogP contribution in [0.3, 0.4) is 0 Å². The van der Waals surface area contributed by atoms with Crippen LogP contribution in [0.2, 0.25) is 0 Å². The number of thioether (sulfide) groups is 1. The maximum absolute atomic E-state index is 13.0. The molecule has 1 saturated heterocycles. The second-order valence-electron chi connectivity index (χ2n) is 7.77. The molecule has 196 valence electrons. The number of esters is 1. The molecule has 4 rings (SSSR count). The van der Waals surface area contributed by atoms with Crippen molar-refractivity contribution in [3.8, 4) is 0 Å². The third-order valence-electron chi connectivity index (χ3n) is 5.46. The third kappa shape index (κ3) is 5.46. The quantitative estimate of drug-likeness (QED) is 0.110. The Labute approximate surface area is 219 Å². The summed E-state index contributed by atoms with van der Waals surface area (Å²) in [5.41, 5.74) is 0.386. The van der Waals surface area contributed by atoms with Gasteiger partial charge in [-0.3, -0.25) is 29.4 Å². The first-order chi connectivity index (χ1) is 18.3. The Bertz CT molecular complexity index is 1350. The molecule has 3 heterocycles. The fourth-order valence-corrected chi connectivity index (χ4v) is 4.87. The minimum atomic E-state index is -0.947. The van der Waals surface area contributed by atoms with Gasteiger partial charge in [-0.1, -0.05) is 11.2 Å². The van der Waals surface area contributed by atoms with Gasteiger partial charge in [-0.2, -0.15) is 0 Å². The highest BCUT2D eigenvalue weighted by atomic mass is 32.2. The van der Waals surface area contributed by atoms with E-state index in [1.807, 2.05) is 0 Å². The molecule has 1 fully saturated rings. The van der Waals surface area contributed by atoms with Crippen molar-refractivity contribution in [1.29, 1.82) is 0 Å². The number of ether oxygens (including phenoxy) is 1. The Morgan fingerprint density at radius 1 is 1.29 bits per heavy atom. The lowest BCUT2D eigenvalue weighted by Crippen LogP contribution is -2.70. The number of carbonyl (C=O) groups is 4. The molecular weight excluding hydrogens is 520 g/mol. The number of aromatic nitrogens is 1. The van der Waals surface area contributed by atoms with Crippen LogP contribution in [-0.2, 0) is 35.4 Å². The zero-order valence-corrected chi connectivity index (χ0v) is 20.5. The molecule has 2 aliphatic heterocycles. The summed E-state index contributed by atoms with van der Waals surface area (Å²) in [7, 11) is 1.24. The molecule has 2 aromatic rings. The highest BCUT2D eigenvalue weighted by molar-refractivity contribution is 8.00. The highest BCUT2D eigenvalue weighted by Gasteiger charge is 2.53. The second kappa shape index (κ2) is 11.5. The third-order valence-corrected chi connectivity index (χ3v) is 6.64. The smallest absolute Gasteiger partial charge is 0.355 e. The molecule has 0 spiro atoms. The molecule has 0 bridgehead atoms. The first kappa shape index (κ1) is 26.3. The second-order valence-corrected chi connectivity index (χ2v) is 8.91. The van der Waals surface area contributed by atoms with E-state index in [4.69, 9.17) is 9.57 Å². The van der Waals surface area contributed by atoms with Crippen LogP contribution in [0.4, 0.5) is 11.5 Å². The van der Waals surface area contributed by atoms with E-state index in [0.717, 1.165) is 0 Å². The number of nitro groups is 1. The van der Waals surface area contributed by atoms with Gasteiger partial charge in [0.05, 0.1) is 4.92 Å². The molecule has 15 heteroatoms. The number of benzene rings is 1. The van der Waals surface area contributed by atoms with Crippen molar-refractivity contribution < 1.29 is 33.7 Å². The number of carbonyl (C=O) groups excluding carboxylic acids is 4. The van der Waals surface area contributed by atoms with Crippen LogP contribution >= 0.6 is 11.8 Å². The van der Waals surface area contributed by atoms with Crippen LogP contribution < -0.4 is 10.6 Å². The van der Waals surface area contributed by atoms with Crippen LogP contribution in [0.25, 0.3) is 0 Å². The largest absolute Gasteiger partial charge is 0.456 e. The van der Waals surface area contributed by atoms with Gasteiger partial charge >= 0.3 is 5.97 Å². The topological polar surface area (TPSA) is 182 Å². The lowest BCUT2D eigenvalue weighted by molar-refractivity contribution is -0.384. The molecule has 3 amide bonds. The highest BCUT2D eigenvalue weighted by Crippen LogP contribution is 2.38. The van der Waals surface area contributed by atoms with Gasteiger partial charge in [-0.25, -0.2) is 9.78 Å². The Hall–Kier alpha value is -4.79. The Morgan fingerprint density at radius 3 is 2.74 bits per heavy atom. The molecule has 0 radical (unpaired) electrons. The molecule has 2 N–H and O–H groups in total. The van der Waals surface area contributed by atoms with Crippen LogP contribution in [0, 0.1) is 10.1 Å². The van der Waals surface area contributed by atoms with E-state index in [1.165, 1.54) is 60.2 Å². The fourth-order valence-electron chi connectivity index (χ4n) is 3.68. The Kier molecular flexibility index (Phi) is 7.96. The maximum Gasteiger partial charge on any atom is 0.355 e. The van der Waals surface area contributed by atoms with Gasteiger partial charge in [0.1, 0.15) is 42.3 Å². The zero-order chi connectivity index (χ0) is 27.2. The van der Waals surface area contributed by atoms with Crippen molar-refractivity contribution in [1.82, 2.24) is 15.2 Å². The molecule has 1 aromatic carbocycles. The number of anilines is 1. The summed E-state index contributed by atoms with van der Waals surface area (Å²) in [4.78, 5) is 69.7. The van der Waals surface area contributed by atoms with Gasteiger partial charge < -0.3 is 20.2 Å². The Morgan fingerprint density at radius 2 is 2.05 bits per heavy atom. The number of nitrogens with one attached hydrogen (secondary N) is 2. The molecule has 1 unspecified atom stereocenters. The number of hydrogen-bond acceptors (Lipinski definition) is 11. The number of nitro benzene ring substituents is 1. The molecular formula is C23H20N6O8S. The van der Waals surface area contributed by atoms with Crippen molar-refractivity contribution in [2.24, 2.45) is 5.16 Å². The number of non-ortho nitro benzene ring substituents is 1. The average molecular weight is 541 g/mol. The fraction of sp³-hybridized carbons (Fsp3) is 0.217. The summed E-state index contributed by atoms with van der Waals surface area (Å²) in [5, 5.41) is 18.9. The van der Waals surface area contributed by atoms with Crippen molar-refractivity contribution in [2.75, 3.05) is 18.2 Å². The predicted molar refractivity (Wildman–Crippen MR) is 133 cm³/mol. The van der Waals surface area contributed by atoms with Gasteiger partial charge in [0.2, 0.25) is 6.41 Å². The van der Waals surface area contributed by atoms with Crippen LogP contribution in [-0.4, -0.2) is 69.0 Å². The molecule has 38 heavy (non-hydrogen) atoms. The minimum absolute atomic E-state index is 0.0475. The molecule has 14 nitrogen and oxygen atoms in total. The van der Waals surface area contributed by atoms with Gasteiger partial charge in [0, 0.05) is 17.9 Å². The number of pyridine rings is 1. The number of oxime groups is 1. The van der Waals surface area contributed by atoms with Gasteiger partial charge in [0.15, 0.2) is 5.71 Å². The Balaban J connectivity index is 1.40. The molecule has 2 atom stereocenters. The summed E-state index contributed by atoms with van der Waals surface area (Å²) in [5.74, 6) is -1.42. The number of fused-ring (bicyclic) bond motifs is 1. The first-order valence-electron chi connectivity index (χ1n) is 11.0. The summed E-state index contributed by atoms with van der Waals surface area (Å²) in [6.07, 6.45) is 1.99. The van der Waals surface area contributed by atoms with Crippen LogP contribution in [0.1, 0.15) is 11.3 Å². The number of hydrogen-bond donors (Lipinski definition) is 2. The van der Waals surface area contributed by atoms with E-state index in [0.29, 0.717) is 17.7 Å². The van der Waals surface area contributed by atoms with Crippen molar-refractivity contribution in [2.45, 2.75) is 18.0 Å². The number of β-lactam (4-membered cyclic amide) rings is 1. The lowest BCUT2D eigenvalue weighted by atomic mass is 10.0. The lowest BCUT2D eigenvalue weighted by Gasteiger charge is -2.48. The summed E-state index contributed by atoms with van der Waals surface area (Å²) in [6.45, 7) is -0.143. The van der Waals surface area contributed by atoms with E-state index in [1.54, 1.807) is 12.1 Å². The molecule has 0 saturated carbocycles. The van der Waals surface area contributed by atoms with Crippen molar-refractivity contribution in [3.63, 3.8) is 0 Å². The molecule has 1 aromatic heterocycles.